The van der Waals surface area contributed by atoms with Gasteiger partial charge < -0.3 is 10.6 Å². The molecule has 0 radical (unpaired) electrons. The fourth-order valence-electron chi connectivity index (χ4n) is 3.64. The third kappa shape index (κ3) is 2.76. The standard InChI is InChI=1S/C16H24N2/c17-16-7-6-13(10-16)11-18-9-8-15(12-18)14-4-2-1-3-5-14/h1-5,13,15-16H,6-12,17H2. The van der Waals surface area contributed by atoms with E-state index in [0.717, 1.165) is 11.8 Å². The van der Waals surface area contributed by atoms with Gasteiger partial charge in [0.1, 0.15) is 0 Å². The molecule has 3 atom stereocenters. The topological polar surface area (TPSA) is 29.3 Å². The molecule has 18 heavy (non-hydrogen) atoms. The fraction of sp³-hybridized carbons (Fsp3) is 0.625. The zero-order valence-electron chi connectivity index (χ0n) is 11.1. The first-order valence-electron chi connectivity index (χ1n) is 7.34. The van der Waals surface area contributed by atoms with Gasteiger partial charge in [-0.25, -0.2) is 0 Å². The van der Waals surface area contributed by atoms with Gasteiger partial charge in [0.25, 0.3) is 0 Å². The van der Waals surface area contributed by atoms with Crippen LogP contribution in [0.5, 0.6) is 0 Å². The molecule has 2 heteroatoms. The maximum atomic E-state index is 6.00. The van der Waals surface area contributed by atoms with Crippen LogP contribution in [0.25, 0.3) is 0 Å². The Morgan fingerprint density at radius 1 is 1.11 bits per heavy atom. The highest BCUT2D eigenvalue weighted by molar-refractivity contribution is 5.21. The lowest BCUT2D eigenvalue weighted by Gasteiger charge is -2.20. The van der Waals surface area contributed by atoms with E-state index in [0.29, 0.717) is 6.04 Å². The third-order valence-electron chi connectivity index (χ3n) is 4.64. The van der Waals surface area contributed by atoms with E-state index in [4.69, 9.17) is 5.73 Å². The predicted molar refractivity (Wildman–Crippen MR) is 75.6 cm³/mol. The first-order chi connectivity index (χ1) is 8.81. The highest BCUT2D eigenvalue weighted by Gasteiger charge is 2.28. The summed E-state index contributed by atoms with van der Waals surface area (Å²) in [5.41, 5.74) is 7.52. The zero-order valence-corrected chi connectivity index (χ0v) is 11.1. The monoisotopic (exact) mass is 244 g/mol. The molecule has 3 unspecified atom stereocenters. The Kier molecular flexibility index (Phi) is 3.67. The summed E-state index contributed by atoms with van der Waals surface area (Å²) < 4.78 is 0. The van der Waals surface area contributed by atoms with Gasteiger partial charge in [-0.2, -0.15) is 0 Å². The number of nitrogens with two attached hydrogens (primary N) is 1. The van der Waals surface area contributed by atoms with Gasteiger partial charge in [0.2, 0.25) is 0 Å². The minimum Gasteiger partial charge on any atom is -0.328 e. The average Bonchev–Trinajstić information content (AvgIpc) is 3.01. The smallest absolute Gasteiger partial charge is 0.00509 e. The molecule has 1 saturated carbocycles. The second kappa shape index (κ2) is 5.41. The Bertz CT molecular complexity index is 376. The summed E-state index contributed by atoms with van der Waals surface area (Å²) in [5, 5.41) is 0. The van der Waals surface area contributed by atoms with Crippen molar-refractivity contribution in [2.75, 3.05) is 19.6 Å². The average molecular weight is 244 g/mol. The minimum atomic E-state index is 0.475. The largest absolute Gasteiger partial charge is 0.328 e. The summed E-state index contributed by atoms with van der Waals surface area (Å²) in [6.45, 7) is 3.79. The Morgan fingerprint density at radius 3 is 2.67 bits per heavy atom. The molecule has 2 N–H and O–H groups in total. The van der Waals surface area contributed by atoms with Crippen molar-refractivity contribution in [3.8, 4) is 0 Å². The molecule has 0 aromatic heterocycles. The zero-order chi connectivity index (χ0) is 12.4. The molecule has 2 aliphatic rings. The van der Waals surface area contributed by atoms with Crippen LogP contribution < -0.4 is 5.73 Å². The van der Waals surface area contributed by atoms with Crippen LogP contribution >= 0.6 is 0 Å². The van der Waals surface area contributed by atoms with Gasteiger partial charge in [0, 0.05) is 19.1 Å². The van der Waals surface area contributed by atoms with Crippen LogP contribution in [-0.4, -0.2) is 30.6 Å². The Labute approximate surface area is 110 Å². The van der Waals surface area contributed by atoms with E-state index in [1.165, 1.54) is 50.9 Å². The number of hydrogen-bond acceptors (Lipinski definition) is 2. The Balaban J connectivity index is 1.53. The number of benzene rings is 1. The highest BCUT2D eigenvalue weighted by atomic mass is 15.1. The van der Waals surface area contributed by atoms with E-state index < -0.39 is 0 Å². The van der Waals surface area contributed by atoms with Crippen LogP contribution in [0.3, 0.4) is 0 Å². The van der Waals surface area contributed by atoms with Crippen molar-refractivity contribution in [3.63, 3.8) is 0 Å². The third-order valence-corrected chi connectivity index (χ3v) is 4.64. The molecule has 2 nitrogen and oxygen atoms in total. The molecule has 2 fully saturated rings. The second-order valence-corrected chi connectivity index (χ2v) is 6.10. The maximum Gasteiger partial charge on any atom is 0.00509 e. The summed E-state index contributed by atoms with van der Waals surface area (Å²) >= 11 is 0. The summed E-state index contributed by atoms with van der Waals surface area (Å²) in [6, 6.07) is 11.5. The number of likely N-dealkylation sites (tertiary alicyclic amines) is 1. The lowest BCUT2D eigenvalue weighted by molar-refractivity contribution is 0.276. The van der Waals surface area contributed by atoms with Crippen molar-refractivity contribution in [1.82, 2.24) is 4.90 Å². The van der Waals surface area contributed by atoms with Crippen molar-refractivity contribution in [2.24, 2.45) is 11.7 Å². The van der Waals surface area contributed by atoms with Crippen molar-refractivity contribution in [1.29, 1.82) is 0 Å². The molecule has 98 valence electrons. The van der Waals surface area contributed by atoms with Crippen LogP contribution in [0.4, 0.5) is 0 Å². The SMILES string of the molecule is NC1CCC(CN2CCC(c3ccccc3)C2)C1. The molecule has 1 aliphatic carbocycles. The van der Waals surface area contributed by atoms with Crippen molar-refractivity contribution < 1.29 is 0 Å². The molecule has 1 heterocycles. The van der Waals surface area contributed by atoms with Crippen LogP contribution in [0.15, 0.2) is 30.3 Å². The Hall–Kier alpha value is -0.860. The summed E-state index contributed by atoms with van der Waals surface area (Å²) in [6.07, 6.45) is 5.14. The van der Waals surface area contributed by atoms with Crippen LogP contribution in [-0.2, 0) is 0 Å². The molecule has 0 bridgehead atoms. The molecule has 1 saturated heterocycles. The van der Waals surface area contributed by atoms with E-state index >= 15 is 0 Å². The maximum absolute atomic E-state index is 6.00. The van der Waals surface area contributed by atoms with Crippen molar-refractivity contribution >= 4 is 0 Å². The lowest BCUT2D eigenvalue weighted by Crippen LogP contribution is -2.27. The second-order valence-electron chi connectivity index (χ2n) is 6.10. The van der Waals surface area contributed by atoms with Gasteiger partial charge in [-0.05, 0) is 49.6 Å². The van der Waals surface area contributed by atoms with E-state index in [1.807, 2.05) is 0 Å². The van der Waals surface area contributed by atoms with Crippen LogP contribution in [0.2, 0.25) is 0 Å². The molecule has 1 aromatic rings. The molecule has 1 aliphatic heterocycles. The first kappa shape index (κ1) is 12.2. The summed E-state index contributed by atoms with van der Waals surface area (Å²) in [5.74, 6) is 1.61. The molecule has 1 aromatic carbocycles. The molecule has 3 rings (SSSR count). The van der Waals surface area contributed by atoms with Gasteiger partial charge in [0.05, 0.1) is 0 Å². The van der Waals surface area contributed by atoms with Crippen LogP contribution in [0.1, 0.15) is 37.2 Å². The Morgan fingerprint density at radius 2 is 1.94 bits per heavy atom. The summed E-state index contributed by atoms with van der Waals surface area (Å²) in [7, 11) is 0. The minimum absolute atomic E-state index is 0.475. The van der Waals surface area contributed by atoms with E-state index in [-0.39, 0.29) is 0 Å². The lowest BCUT2D eigenvalue weighted by atomic mass is 9.99. The fourth-order valence-corrected chi connectivity index (χ4v) is 3.64. The molecule has 0 spiro atoms. The normalized spacial score (nSPS) is 33.1. The van der Waals surface area contributed by atoms with Gasteiger partial charge >= 0.3 is 0 Å². The van der Waals surface area contributed by atoms with Crippen molar-refractivity contribution in [2.45, 2.75) is 37.6 Å². The van der Waals surface area contributed by atoms with Gasteiger partial charge in [0.15, 0.2) is 0 Å². The highest BCUT2D eigenvalue weighted by Crippen LogP contribution is 2.30. The number of rotatable bonds is 3. The molecule has 0 amide bonds. The molecular weight excluding hydrogens is 220 g/mol. The predicted octanol–water partition coefficient (Wildman–Crippen LogP) is 2.60. The van der Waals surface area contributed by atoms with Gasteiger partial charge in [-0.1, -0.05) is 30.3 Å². The first-order valence-corrected chi connectivity index (χ1v) is 7.34. The van der Waals surface area contributed by atoms with Gasteiger partial charge in [-0.15, -0.1) is 0 Å². The summed E-state index contributed by atoms with van der Waals surface area (Å²) in [4.78, 5) is 2.65. The molecular formula is C16H24N2. The quantitative estimate of drug-likeness (QED) is 0.885. The number of nitrogens with zero attached hydrogens (tertiary/aromatic N) is 1. The number of hydrogen-bond donors (Lipinski definition) is 1. The van der Waals surface area contributed by atoms with Crippen LogP contribution in [0, 0.1) is 5.92 Å². The van der Waals surface area contributed by atoms with Gasteiger partial charge in [-0.3, -0.25) is 0 Å². The van der Waals surface area contributed by atoms with E-state index in [2.05, 4.69) is 35.2 Å². The van der Waals surface area contributed by atoms with E-state index in [1.54, 1.807) is 0 Å². The van der Waals surface area contributed by atoms with E-state index in [9.17, 15) is 0 Å². The van der Waals surface area contributed by atoms with Crippen molar-refractivity contribution in [3.05, 3.63) is 35.9 Å².